The number of halogens is 1. The summed E-state index contributed by atoms with van der Waals surface area (Å²) in [6.45, 7) is 1.36. The lowest BCUT2D eigenvalue weighted by molar-refractivity contribution is 0.0368. The molecule has 1 rings (SSSR count). The van der Waals surface area contributed by atoms with E-state index in [-0.39, 0.29) is 11.2 Å². The maximum Gasteiger partial charge on any atom is 0.148 e. The molecule has 78 valence electrons. The fourth-order valence-corrected chi connectivity index (χ4v) is 4.20. The van der Waals surface area contributed by atoms with Gasteiger partial charge in [-0.25, -0.2) is 8.42 Å². The van der Waals surface area contributed by atoms with Crippen LogP contribution in [0.1, 0.15) is 12.8 Å². The van der Waals surface area contributed by atoms with Crippen molar-refractivity contribution < 1.29 is 13.2 Å². The average molecular weight is 271 g/mol. The normalized spacial score (nSPS) is 22.9. The van der Waals surface area contributed by atoms with Crippen LogP contribution in [0.15, 0.2) is 0 Å². The minimum Gasteiger partial charge on any atom is -0.381 e. The molecule has 0 spiro atoms. The van der Waals surface area contributed by atoms with Crippen molar-refractivity contribution in [1.29, 1.82) is 0 Å². The van der Waals surface area contributed by atoms with Crippen LogP contribution >= 0.6 is 15.9 Å². The minimum absolute atomic E-state index is 0.0914. The van der Waals surface area contributed by atoms with Crippen molar-refractivity contribution in [2.75, 3.05) is 30.6 Å². The molecule has 0 aromatic carbocycles. The molecular weight excluding hydrogens is 256 g/mol. The second kappa shape index (κ2) is 4.28. The summed E-state index contributed by atoms with van der Waals surface area (Å²) in [6, 6.07) is 0. The fraction of sp³-hybridized carbons (Fsp3) is 1.00. The van der Waals surface area contributed by atoms with Crippen molar-refractivity contribution >= 4 is 25.8 Å². The Morgan fingerprint density at radius 2 is 1.92 bits per heavy atom. The first kappa shape index (κ1) is 11.5. The fourth-order valence-electron chi connectivity index (χ4n) is 1.68. The van der Waals surface area contributed by atoms with Gasteiger partial charge in [-0.2, -0.15) is 0 Å². The molecule has 0 amide bonds. The maximum absolute atomic E-state index is 11.2. The van der Waals surface area contributed by atoms with Crippen LogP contribution in [0.3, 0.4) is 0 Å². The molecule has 0 bridgehead atoms. The molecule has 0 N–H and O–H groups in total. The van der Waals surface area contributed by atoms with E-state index in [1.165, 1.54) is 6.26 Å². The van der Waals surface area contributed by atoms with Gasteiger partial charge in [0, 0.05) is 24.8 Å². The molecule has 0 aromatic heterocycles. The number of hydrogen-bond donors (Lipinski definition) is 0. The van der Waals surface area contributed by atoms with Crippen LogP contribution in [0.4, 0.5) is 0 Å². The third kappa shape index (κ3) is 3.56. The third-order valence-electron chi connectivity index (χ3n) is 2.41. The van der Waals surface area contributed by atoms with Crippen LogP contribution in [-0.4, -0.2) is 39.0 Å². The van der Waals surface area contributed by atoms with Crippen molar-refractivity contribution in [2.24, 2.45) is 5.41 Å². The van der Waals surface area contributed by atoms with Gasteiger partial charge in [0.1, 0.15) is 9.84 Å². The second-order valence-corrected chi connectivity index (χ2v) is 6.52. The highest BCUT2D eigenvalue weighted by Crippen LogP contribution is 2.33. The van der Waals surface area contributed by atoms with Crippen LogP contribution < -0.4 is 0 Å². The first-order valence-corrected chi connectivity index (χ1v) is 7.47. The molecule has 1 heterocycles. The zero-order chi connectivity index (χ0) is 9.95. The smallest absolute Gasteiger partial charge is 0.148 e. The Hall–Kier alpha value is 0.390. The topological polar surface area (TPSA) is 43.4 Å². The van der Waals surface area contributed by atoms with Gasteiger partial charge in [-0.3, -0.25) is 0 Å². The van der Waals surface area contributed by atoms with E-state index in [0.29, 0.717) is 13.2 Å². The molecule has 13 heavy (non-hydrogen) atoms. The Balaban J connectivity index is 2.68. The van der Waals surface area contributed by atoms with Crippen molar-refractivity contribution in [2.45, 2.75) is 12.8 Å². The lowest BCUT2D eigenvalue weighted by Gasteiger charge is -2.34. The van der Waals surface area contributed by atoms with E-state index in [1.54, 1.807) is 0 Å². The predicted octanol–water partition coefficient (Wildman–Crippen LogP) is 1.22. The molecule has 1 aliphatic rings. The number of ether oxygens (including phenoxy) is 1. The molecule has 1 fully saturated rings. The van der Waals surface area contributed by atoms with Gasteiger partial charge in [0.2, 0.25) is 0 Å². The van der Waals surface area contributed by atoms with E-state index < -0.39 is 9.84 Å². The van der Waals surface area contributed by atoms with Gasteiger partial charge in [-0.15, -0.1) is 0 Å². The number of sulfone groups is 1. The van der Waals surface area contributed by atoms with Crippen molar-refractivity contribution in [3.63, 3.8) is 0 Å². The van der Waals surface area contributed by atoms with Crippen LogP contribution in [0.5, 0.6) is 0 Å². The van der Waals surface area contributed by atoms with E-state index in [4.69, 9.17) is 4.74 Å². The molecule has 0 atom stereocenters. The number of hydrogen-bond acceptors (Lipinski definition) is 3. The average Bonchev–Trinajstić information content (AvgIpc) is 2.03. The van der Waals surface area contributed by atoms with Gasteiger partial charge in [0.05, 0.1) is 5.75 Å². The van der Waals surface area contributed by atoms with Gasteiger partial charge in [0.25, 0.3) is 0 Å². The first-order chi connectivity index (χ1) is 5.97. The van der Waals surface area contributed by atoms with E-state index in [9.17, 15) is 8.42 Å². The predicted molar refractivity (Wildman–Crippen MR) is 56.0 cm³/mol. The Kier molecular flexibility index (Phi) is 3.77. The van der Waals surface area contributed by atoms with Crippen LogP contribution in [0, 0.1) is 5.41 Å². The third-order valence-corrected chi connectivity index (χ3v) is 4.73. The molecule has 0 unspecified atom stereocenters. The SMILES string of the molecule is CS(=O)(=O)CC1(CBr)CCOCC1. The highest BCUT2D eigenvalue weighted by Gasteiger charge is 2.34. The lowest BCUT2D eigenvalue weighted by atomic mass is 9.85. The van der Waals surface area contributed by atoms with E-state index in [2.05, 4.69) is 15.9 Å². The molecule has 0 aliphatic carbocycles. The molecule has 1 saturated heterocycles. The second-order valence-electron chi connectivity index (χ2n) is 3.82. The summed E-state index contributed by atoms with van der Waals surface area (Å²) in [6.07, 6.45) is 2.98. The van der Waals surface area contributed by atoms with E-state index in [1.807, 2.05) is 0 Å². The molecule has 5 heteroatoms. The summed E-state index contributed by atoms with van der Waals surface area (Å²) < 4.78 is 27.6. The molecule has 0 radical (unpaired) electrons. The molecule has 0 aromatic rings. The summed E-state index contributed by atoms with van der Waals surface area (Å²) in [5.74, 6) is 0.272. The molecule has 3 nitrogen and oxygen atoms in total. The zero-order valence-corrected chi connectivity index (χ0v) is 10.2. The van der Waals surface area contributed by atoms with Gasteiger partial charge in [0.15, 0.2) is 0 Å². The summed E-state index contributed by atoms with van der Waals surface area (Å²) >= 11 is 3.40. The zero-order valence-electron chi connectivity index (χ0n) is 7.75. The molecule has 0 saturated carbocycles. The molecular formula is C8H15BrO3S. The van der Waals surface area contributed by atoms with E-state index in [0.717, 1.165) is 18.2 Å². The van der Waals surface area contributed by atoms with Gasteiger partial charge in [-0.1, -0.05) is 15.9 Å². The van der Waals surface area contributed by atoms with Gasteiger partial charge in [-0.05, 0) is 18.3 Å². The van der Waals surface area contributed by atoms with Crippen molar-refractivity contribution in [3.05, 3.63) is 0 Å². The summed E-state index contributed by atoms with van der Waals surface area (Å²) in [7, 11) is -2.88. The monoisotopic (exact) mass is 270 g/mol. The van der Waals surface area contributed by atoms with Crippen LogP contribution in [0.25, 0.3) is 0 Å². The summed E-state index contributed by atoms with van der Waals surface area (Å²) in [5.41, 5.74) is -0.0914. The Bertz CT molecular complexity index is 255. The Morgan fingerprint density at radius 1 is 1.38 bits per heavy atom. The maximum atomic E-state index is 11.2. The summed E-state index contributed by atoms with van der Waals surface area (Å²) in [5, 5.41) is 0.746. The lowest BCUT2D eigenvalue weighted by Crippen LogP contribution is -2.37. The van der Waals surface area contributed by atoms with Gasteiger partial charge < -0.3 is 4.74 Å². The van der Waals surface area contributed by atoms with Crippen LogP contribution in [-0.2, 0) is 14.6 Å². The number of alkyl halides is 1. The van der Waals surface area contributed by atoms with Crippen LogP contribution in [0.2, 0.25) is 0 Å². The Morgan fingerprint density at radius 3 is 2.31 bits per heavy atom. The highest BCUT2D eigenvalue weighted by molar-refractivity contribution is 9.09. The highest BCUT2D eigenvalue weighted by atomic mass is 79.9. The van der Waals surface area contributed by atoms with Crippen molar-refractivity contribution in [3.8, 4) is 0 Å². The van der Waals surface area contributed by atoms with Gasteiger partial charge >= 0.3 is 0 Å². The number of rotatable bonds is 3. The Labute approximate surface area is 87.9 Å². The van der Waals surface area contributed by atoms with E-state index >= 15 is 0 Å². The molecule has 1 aliphatic heterocycles. The minimum atomic E-state index is -2.88. The quantitative estimate of drug-likeness (QED) is 0.725. The standard InChI is InChI=1S/C8H15BrO3S/c1-13(10,11)7-8(6-9)2-4-12-5-3-8/h2-7H2,1H3. The largest absolute Gasteiger partial charge is 0.381 e. The van der Waals surface area contributed by atoms with Crippen molar-refractivity contribution in [1.82, 2.24) is 0 Å². The summed E-state index contributed by atoms with van der Waals surface area (Å²) in [4.78, 5) is 0. The first-order valence-electron chi connectivity index (χ1n) is 4.29.